The van der Waals surface area contributed by atoms with Crippen LogP contribution in [0.1, 0.15) is 12.8 Å². The fourth-order valence-electron chi connectivity index (χ4n) is 3.75. The number of aromatic amines is 1. The summed E-state index contributed by atoms with van der Waals surface area (Å²) in [6, 6.07) is 8.94. The van der Waals surface area contributed by atoms with Crippen LogP contribution in [0.4, 0.5) is 8.78 Å². The van der Waals surface area contributed by atoms with Gasteiger partial charge in [-0.05, 0) is 49.2 Å². The first-order chi connectivity index (χ1) is 14.7. The van der Waals surface area contributed by atoms with Gasteiger partial charge in [0.05, 0.1) is 23.5 Å². The van der Waals surface area contributed by atoms with Crippen LogP contribution in [0.5, 0.6) is 5.88 Å². The van der Waals surface area contributed by atoms with Crippen LogP contribution >= 0.6 is 0 Å². The minimum absolute atomic E-state index is 0.0508. The fourth-order valence-corrected chi connectivity index (χ4v) is 3.75. The normalized spacial score (nSPS) is 16.7. The van der Waals surface area contributed by atoms with Crippen LogP contribution in [0.15, 0.2) is 48.8 Å². The van der Waals surface area contributed by atoms with E-state index in [1.165, 1.54) is 18.2 Å². The maximum absolute atomic E-state index is 14.3. The molecule has 0 unspecified atom stereocenters. The van der Waals surface area contributed by atoms with Crippen molar-refractivity contribution in [1.29, 1.82) is 0 Å². The lowest BCUT2D eigenvalue weighted by atomic mass is 10.0. The number of nitrogens with one attached hydrogen (secondary N) is 2. The molecular formula is C22H19F2N5O. The lowest BCUT2D eigenvalue weighted by Gasteiger charge is -2.23. The summed E-state index contributed by atoms with van der Waals surface area (Å²) in [5.74, 6) is -0.806. The van der Waals surface area contributed by atoms with Crippen molar-refractivity contribution in [2.75, 3.05) is 13.1 Å². The van der Waals surface area contributed by atoms with Crippen molar-refractivity contribution in [2.24, 2.45) is 0 Å². The van der Waals surface area contributed by atoms with Gasteiger partial charge in [-0.2, -0.15) is 5.10 Å². The number of hydrogen-bond acceptors (Lipinski definition) is 5. The van der Waals surface area contributed by atoms with E-state index < -0.39 is 11.6 Å². The second-order valence-corrected chi connectivity index (χ2v) is 7.26. The third-order valence-corrected chi connectivity index (χ3v) is 5.21. The molecule has 2 aromatic heterocycles. The van der Waals surface area contributed by atoms with Gasteiger partial charge < -0.3 is 10.1 Å². The molecular weight excluding hydrogens is 388 g/mol. The summed E-state index contributed by atoms with van der Waals surface area (Å²) in [5.41, 5.74) is 2.15. The van der Waals surface area contributed by atoms with Crippen LogP contribution in [0.2, 0.25) is 0 Å². The van der Waals surface area contributed by atoms with Crippen LogP contribution in [-0.2, 0) is 0 Å². The Kier molecular flexibility index (Phi) is 4.84. The van der Waals surface area contributed by atoms with Crippen molar-refractivity contribution < 1.29 is 13.5 Å². The van der Waals surface area contributed by atoms with E-state index in [2.05, 4.69) is 25.5 Å². The summed E-state index contributed by atoms with van der Waals surface area (Å²) in [4.78, 5) is 8.79. The predicted molar refractivity (Wildman–Crippen MR) is 109 cm³/mol. The molecule has 152 valence electrons. The molecule has 1 atom stereocenters. The number of ether oxygens (including phenoxy) is 1. The van der Waals surface area contributed by atoms with Crippen molar-refractivity contribution in [2.45, 2.75) is 18.9 Å². The summed E-state index contributed by atoms with van der Waals surface area (Å²) in [6.45, 7) is 1.77. The molecule has 1 aliphatic heterocycles. The number of halogens is 2. The summed E-state index contributed by atoms with van der Waals surface area (Å²) in [5, 5.41) is 11.3. The molecule has 30 heavy (non-hydrogen) atoms. The molecule has 0 aliphatic carbocycles. The summed E-state index contributed by atoms with van der Waals surface area (Å²) in [6.07, 6.45) is 5.24. The van der Waals surface area contributed by atoms with Crippen molar-refractivity contribution in [1.82, 2.24) is 25.5 Å². The van der Waals surface area contributed by atoms with E-state index in [1.54, 1.807) is 30.6 Å². The first-order valence-electron chi connectivity index (χ1n) is 9.81. The first-order valence-corrected chi connectivity index (χ1v) is 9.81. The van der Waals surface area contributed by atoms with Crippen LogP contribution in [0.3, 0.4) is 0 Å². The molecule has 8 heteroatoms. The number of H-pyrrole nitrogens is 1. The van der Waals surface area contributed by atoms with Gasteiger partial charge in [0.25, 0.3) is 0 Å². The minimum atomic E-state index is -0.615. The van der Waals surface area contributed by atoms with Gasteiger partial charge >= 0.3 is 0 Å². The fraction of sp³-hybridized carbons (Fsp3) is 0.227. The van der Waals surface area contributed by atoms with E-state index in [-0.39, 0.29) is 11.7 Å². The summed E-state index contributed by atoms with van der Waals surface area (Å²) in [7, 11) is 0. The Hall–Kier alpha value is -3.39. The van der Waals surface area contributed by atoms with Gasteiger partial charge in [-0.15, -0.1) is 0 Å². The highest BCUT2D eigenvalue weighted by Gasteiger charge is 2.18. The van der Waals surface area contributed by atoms with E-state index >= 15 is 0 Å². The monoisotopic (exact) mass is 407 g/mol. The second kappa shape index (κ2) is 7.79. The number of piperidine rings is 1. The molecule has 4 aromatic rings. The topological polar surface area (TPSA) is 75.7 Å². The Morgan fingerprint density at radius 2 is 1.93 bits per heavy atom. The smallest absolute Gasteiger partial charge is 0.233 e. The Morgan fingerprint density at radius 3 is 2.73 bits per heavy atom. The average molecular weight is 407 g/mol. The largest absolute Gasteiger partial charge is 0.472 e. The third kappa shape index (κ3) is 3.50. The van der Waals surface area contributed by atoms with Crippen molar-refractivity contribution in [3.63, 3.8) is 0 Å². The third-order valence-electron chi connectivity index (χ3n) is 5.21. The highest BCUT2D eigenvalue weighted by atomic mass is 19.1. The zero-order valence-electron chi connectivity index (χ0n) is 16.0. The molecule has 0 saturated carbocycles. The predicted octanol–water partition coefficient (Wildman–Crippen LogP) is 4.10. The minimum Gasteiger partial charge on any atom is -0.472 e. The molecule has 6 nitrogen and oxygen atoms in total. The van der Waals surface area contributed by atoms with E-state index in [0.717, 1.165) is 31.4 Å². The van der Waals surface area contributed by atoms with Gasteiger partial charge in [-0.3, -0.25) is 10.1 Å². The van der Waals surface area contributed by atoms with E-state index in [1.807, 2.05) is 0 Å². The molecule has 2 N–H and O–H groups in total. The highest BCUT2D eigenvalue weighted by Crippen LogP contribution is 2.32. The van der Waals surface area contributed by atoms with Crippen molar-refractivity contribution in [3.8, 4) is 28.4 Å². The number of fused-ring (bicyclic) bond motifs is 1. The SMILES string of the molecule is Fc1cccc(F)c1-c1ccc2[nH]nc(-c3cncc(O[C@@H]4CCCNC4)n3)c2c1. The van der Waals surface area contributed by atoms with Crippen LogP contribution in [0.25, 0.3) is 33.4 Å². The lowest BCUT2D eigenvalue weighted by Crippen LogP contribution is -2.37. The molecule has 0 spiro atoms. The van der Waals surface area contributed by atoms with Gasteiger partial charge in [0, 0.05) is 11.9 Å². The quantitative estimate of drug-likeness (QED) is 0.533. The molecule has 0 bridgehead atoms. The summed E-state index contributed by atoms with van der Waals surface area (Å²) < 4.78 is 34.5. The average Bonchev–Trinajstić information content (AvgIpc) is 3.18. The summed E-state index contributed by atoms with van der Waals surface area (Å²) >= 11 is 0. The number of nitrogens with zero attached hydrogens (tertiary/aromatic N) is 3. The van der Waals surface area contributed by atoms with Crippen LogP contribution in [-0.4, -0.2) is 39.4 Å². The van der Waals surface area contributed by atoms with Gasteiger partial charge in [-0.25, -0.2) is 13.8 Å². The van der Waals surface area contributed by atoms with Crippen molar-refractivity contribution >= 4 is 10.9 Å². The molecule has 0 radical (unpaired) electrons. The van der Waals surface area contributed by atoms with Crippen LogP contribution < -0.4 is 10.1 Å². The van der Waals surface area contributed by atoms with E-state index in [0.29, 0.717) is 28.2 Å². The number of rotatable bonds is 4. The molecule has 5 rings (SSSR count). The van der Waals surface area contributed by atoms with E-state index in [9.17, 15) is 8.78 Å². The Labute approximate surface area is 171 Å². The number of hydrogen-bond donors (Lipinski definition) is 2. The van der Waals surface area contributed by atoms with Gasteiger partial charge in [0.15, 0.2) is 0 Å². The Balaban J connectivity index is 1.53. The lowest BCUT2D eigenvalue weighted by molar-refractivity contribution is 0.160. The second-order valence-electron chi connectivity index (χ2n) is 7.26. The van der Waals surface area contributed by atoms with Gasteiger partial charge in [0.2, 0.25) is 5.88 Å². The molecule has 0 amide bonds. The zero-order valence-corrected chi connectivity index (χ0v) is 16.0. The highest BCUT2D eigenvalue weighted by molar-refractivity contribution is 5.94. The molecule has 1 aliphatic rings. The first kappa shape index (κ1) is 18.6. The zero-order chi connectivity index (χ0) is 20.5. The van der Waals surface area contributed by atoms with E-state index in [4.69, 9.17) is 4.74 Å². The maximum atomic E-state index is 14.3. The molecule has 1 saturated heterocycles. The molecule has 3 heterocycles. The Bertz CT molecular complexity index is 1180. The Morgan fingerprint density at radius 1 is 1.07 bits per heavy atom. The van der Waals surface area contributed by atoms with Gasteiger partial charge in [0.1, 0.15) is 29.1 Å². The number of benzene rings is 2. The van der Waals surface area contributed by atoms with Crippen molar-refractivity contribution in [3.05, 3.63) is 60.4 Å². The van der Waals surface area contributed by atoms with Crippen LogP contribution in [0, 0.1) is 11.6 Å². The molecule has 2 aromatic carbocycles. The standard InChI is InChI=1S/C22H19F2N5O/c23-16-4-1-5-17(24)21(16)13-6-7-18-15(9-13)22(29-28-18)19-11-26-12-20(27-19)30-14-3-2-8-25-10-14/h1,4-7,9,11-12,14,25H,2-3,8,10H2,(H,28,29)/t14-/m1/s1. The maximum Gasteiger partial charge on any atom is 0.233 e. The van der Waals surface area contributed by atoms with Gasteiger partial charge in [-0.1, -0.05) is 12.1 Å². The molecule has 1 fully saturated rings. The number of aromatic nitrogens is 4.